The molecule has 2 rings (SSSR count). The Hall–Kier alpha value is -2.30. The molecule has 0 saturated heterocycles. The molecule has 0 fully saturated rings. The fourth-order valence-electron chi connectivity index (χ4n) is 1.77. The lowest BCUT2D eigenvalue weighted by Crippen LogP contribution is -2.11. The maximum absolute atomic E-state index is 12.7. The Morgan fingerprint density at radius 3 is 2.68 bits per heavy atom. The van der Waals surface area contributed by atoms with Crippen LogP contribution in [0.4, 0.5) is 10.1 Å². The van der Waals surface area contributed by atoms with Gasteiger partial charge >= 0.3 is 5.97 Å². The van der Waals surface area contributed by atoms with Crippen LogP contribution in [0.2, 0.25) is 0 Å². The maximum Gasteiger partial charge on any atom is 0.355 e. The minimum absolute atomic E-state index is 0.105. The van der Waals surface area contributed by atoms with Gasteiger partial charge in [0.1, 0.15) is 18.1 Å². The number of hydrogen-bond acceptors (Lipinski definition) is 3. The monoisotopic (exact) mass is 262 g/mol. The highest BCUT2D eigenvalue weighted by atomic mass is 19.1. The first-order valence-electron chi connectivity index (χ1n) is 5.97. The summed E-state index contributed by atoms with van der Waals surface area (Å²) in [5.74, 6) is -0.759. The molecular formula is C14H15FN2O2. The number of hydrogen-bond donors (Lipinski definition) is 1. The molecule has 5 heteroatoms. The molecule has 2 N–H and O–H groups in total. The van der Waals surface area contributed by atoms with Gasteiger partial charge < -0.3 is 15.0 Å². The maximum atomic E-state index is 12.7. The van der Waals surface area contributed by atoms with Crippen LogP contribution in [0.25, 0.3) is 0 Å². The van der Waals surface area contributed by atoms with E-state index < -0.39 is 5.97 Å². The Morgan fingerprint density at radius 2 is 2.05 bits per heavy atom. The van der Waals surface area contributed by atoms with Crippen molar-refractivity contribution in [3.05, 3.63) is 53.6 Å². The summed E-state index contributed by atoms with van der Waals surface area (Å²) in [5.41, 5.74) is 7.32. The van der Waals surface area contributed by atoms with Crippen molar-refractivity contribution < 1.29 is 13.9 Å². The van der Waals surface area contributed by atoms with Gasteiger partial charge in [-0.05, 0) is 30.7 Å². The van der Waals surface area contributed by atoms with Gasteiger partial charge in [-0.25, -0.2) is 9.18 Å². The average Bonchev–Trinajstić information content (AvgIpc) is 2.79. The van der Waals surface area contributed by atoms with Gasteiger partial charge in [0, 0.05) is 12.7 Å². The van der Waals surface area contributed by atoms with Gasteiger partial charge in [-0.2, -0.15) is 0 Å². The summed E-state index contributed by atoms with van der Waals surface area (Å²) < 4.78 is 19.6. The summed E-state index contributed by atoms with van der Waals surface area (Å²) in [6, 6.07) is 7.40. The molecule has 0 amide bonds. The van der Waals surface area contributed by atoms with Crippen molar-refractivity contribution >= 4 is 11.7 Å². The van der Waals surface area contributed by atoms with E-state index in [0.29, 0.717) is 17.9 Å². The minimum atomic E-state index is -0.442. The van der Waals surface area contributed by atoms with E-state index in [9.17, 15) is 9.18 Å². The van der Waals surface area contributed by atoms with Gasteiger partial charge in [0.25, 0.3) is 0 Å². The van der Waals surface area contributed by atoms with Crippen LogP contribution in [0.3, 0.4) is 0 Å². The third-order valence-corrected chi connectivity index (χ3v) is 2.75. The Kier molecular flexibility index (Phi) is 3.85. The van der Waals surface area contributed by atoms with E-state index in [1.165, 1.54) is 12.1 Å². The van der Waals surface area contributed by atoms with Crippen LogP contribution in [-0.4, -0.2) is 10.5 Å². The van der Waals surface area contributed by atoms with Crippen LogP contribution in [-0.2, 0) is 17.9 Å². The van der Waals surface area contributed by atoms with Gasteiger partial charge in [-0.3, -0.25) is 0 Å². The van der Waals surface area contributed by atoms with Crippen LogP contribution >= 0.6 is 0 Å². The fourth-order valence-corrected chi connectivity index (χ4v) is 1.77. The number of aromatic nitrogens is 1. The second-order valence-corrected chi connectivity index (χ2v) is 4.15. The normalized spacial score (nSPS) is 10.4. The van der Waals surface area contributed by atoms with Crippen molar-refractivity contribution in [1.82, 2.24) is 4.57 Å². The molecule has 19 heavy (non-hydrogen) atoms. The highest BCUT2D eigenvalue weighted by Gasteiger charge is 2.13. The quantitative estimate of drug-likeness (QED) is 0.861. The predicted molar refractivity (Wildman–Crippen MR) is 70.0 cm³/mol. The molecule has 1 aromatic heterocycles. The van der Waals surface area contributed by atoms with Gasteiger partial charge in [-0.1, -0.05) is 12.1 Å². The van der Waals surface area contributed by atoms with Crippen molar-refractivity contribution in [2.45, 2.75) is 20.1 Å². The molecule has 0 atom stereocenters. The lowest BCUT2D eigenvalue weighted by molar-refractivity contribution is 0.0460. The molecule has 0 aliphatic carbocycles. The minimum Gasteiger partial charge on any atom is -0.456 e. The number of nitrogens with zero attached hydrogens (tertiary/aromatic N) is 1. The smallest absolute Gasteiger partial charge is 0.355 e. The number of nitrogen functional groups attached to an aromatic ring is 1. The van der Waals surface area contributed by atoms with Crippen molar-refractivity contribution in [1.29, 1.82) is 0 Å². The molecule has 2 aromatic rings. The number of halogens is 1. The Balaban J connectivity index is 2.03. The summed E-state index contributed by atoms with van der Waals surface area (Å²) >= 11 is 0. The molecule has 0 radical (unpaired) electrons. The molecule has 0 unspecified atom stereocenters. The second-order valence-electron chi connectivity index (χ2n) is 4.15. The number of esters is 1. The molecule has 0 saturated carbocycles. The lowest BCUT2D eigenvalue weighted by atomic mass is 10.2. The Bertz CT molecular complexity index is 576. The summed E-state index contributed by atoms with van der Waals surface area (Å²) in [5, 5.41) is 0. The molecule has 0 aliphatic heterocycles. The van der Waals surface area contributed by atoms with E-state index in [0.717, 1.165) is 5.56 Å². The molecular weight excluding hydrogens is 247 g/mol. The standard InChI is InChI=1S/C14H15FN2O2/c1-2-17-8-12(16)7-13(17)14(18)19-9-10-3-5-11(15)6-4-10/h3-8H,2,9,16H2,1H3. The highest BCUT2D eigenvalue weighted by Crippen LogP contribution is 2.13. The van der Waals surface area contributed by atoms with E-state index in [-0.39, 0.29) is 12.4 Å². The first kappa shape index (κ1) is 13.1. The zero-order chi connectivity index (χ0) is 13.8. The van der Waals surface area contributed by atoms with E-state index in [1.807, 2.05) is 6.92 Å². The fraction of sp³-hybridized carbons (Fsp3) is 0.214. The third kappa shape index (κ3) is 3.13. The van der Waals surface area contributed by atoms with Gasteiger partial charge in [0.15, 0.2) is 0 Å². The van der Waals surface area contributed by atoms with Gasteiger partial charge in [0.2, 0.25) is 0 Å². The van der Waals surface area contributed by atoms with E-state index in [4.69, 9.17) is 10.5 Å². The van der Waals surface area contributed by atoms with Crippen molar-refractivity contribution in [2.75, 3.05) is 5.73 Å². The van der Waals surface area contributed by atoms with Crippen LogP contribution < -0.4 is 5.73 Å². The summed E-state index contributed by atoms with van der Waals surface area (Å²) in [7, 11) is 0. The average molecular weight is 262 g/mol. The highest BCUT2D eigenvalue weighted by molar-refractivity contribution is 5.89. The Labute approximate surface area is 110 Å². The van der Waals surface area contributed by atoms with E-state index in [2.05, 4.69) is 0 Å². The zero-order valence-electron chi connectivity index (χ0n) is 10.6. The molecule has 1 aromatic carbocycles. The van der Waals surface area contributed by atoms with Crippen molar-refractivity contribution in [2.24, 2.45) is 0 Å². The number of carbonyl (C=O) groups excluding carboxylic acids is 1. The largest absolute Gasteiger partial charge is 0.456 e. The first-order valence-corrected chi connectivity index (χ1v) is 5.97. The Morgan fingerprint density at radius 1 is 1.37 bits per heavy atom. The molecule has 4 nitrogen and oxygen atoms in total. The number of aryl methyl sites for hydroxylation is 1. The molecule has 100 valence electrons. The van der Waals surface area contributed by atoms with Crippen LogP contribution in [0.15, 0.2) is 36.5 Å². The third-order valence-electron chi connectivity index (χ3n) is 2.75. The number of nitrogens with two attached hydrogens (primary N) is 1. The van der Waals surface area contributed by atoms with E-state index in [1.54, 1.807) is 29.0 Å². The van der Waals surface area contributed by atoms with Crippen LogP contribution in [0, 0.1) is 5.82 Å². The second kappa shape index (κ2) is 5.56. The number of ether oxygens (including phenoxy) is 1. The summed E-state index contributed by atoms with van der Waals surface area (Å²) in [6.07, 6.45) is 1.69. The predicted octanol–water partition coefficient (Wildman–Crippen LogP) is 2.59. The number of carbonyl (C=O) groups is 1. The first-order chi connectivity index (χ1) is 9.10. The van der Waals surface area contributed by atoms with Gasteiger partial charge in [0.05, 0.1) is 5.69 Å². The topological polar surface area (TPSA) is 57.2 Å². The van der Waals surface area contributed by atoms with Crippen molar-refractivity contribution in [3.8, 4) is 0 Å². The summed E-state index contributed by atoms with van der Waals surface area (Å²) in [4.78, 5) is 11.9. The van der Waals surface area contributed by atoms with Crippen LogP contribution in [0.5, 0.6) is 0 Å². The number of anilines is 1. The number of rotatable bonds is 4. The summed E-state index contributed by atoms with van der Waals surface area (Å²) in [6.45, 7) is 2.66. The molecule has 0 spiro atoms. The van der Waals surface area contributed by atoms with Crippen molar-refractivity contribution in [3.63, 3.8) is 0 Å². The zero-order valence-corrected chi connectivity index (χ0v) is 10.6. The molecule has 0 bridgehead atoms. The van der Waals surface area contributed by atoms with E-state index >= 15 is 0 Å². The van der Waals surface area contributed by atoms with Crippen LogP contribution in [0.1, 0.15) is 23.0 Å². The molecule has 1 heterocycles. The lowest BCUT2D eigenvalue weighted by Gasteiger charge is -2.07. The SMILES string of the molecule is CCn1cc(N)cc1C(=O)OCc1ccc(F)cc1. The number of benzene rings is 1. The van der Waals surface area contributed by atoms with Gasteiger partial charge in [-0.15, -0.1) is 0 Å². The molecule has 0 aliphatic rings.